The highest BCUT2D eigenvalue weighted by molar-refractivity contribution is 7.98. The molecule has 1 aromatic heterocycles. The molecule has 0 aliphatic carbocycles. The number of nitrogens with one attached hydrogen (secondary N) is 1. The molecule has 3 rings (SSSR count). The largest absolute Gasteiger partial charge is 0.452 e. The van der Waals surface area contributed by atoms with E-state index in [4.69, 9.17) is 4.74 Å². The molecule has 1 heterocycles. The highest BCUT2D eigenvalue weighted by Gasteiger charge is 2.11. The van der Waals surface area contributed by atoms with E-state index in [1.807, 2.05) is 73.3 Å². The number of anilines is 1. The number of thioether (sulfide) groups is 1. The van der Waals surface area contributed by atoms with Crippen LogP contribution >= 0.6 is 11.8 Å². The Hall–Kier alpha value is -3.32. The van der Waals surface area contributed by atoms with Crippen LogP contribution in [0.5, 0.6) is 0 Å². The van der Waals surface area contributed by atoms with Crippen molar-refractivity contribution in [1.82, 2.24) is 9.78 Å². The number of nitrogens with zero attached hydrogens (tertiary/aromatic N) is 2. The molecule has 154 valence electrons. The summed E-state index contributed by atoms with van der Waals surface area (Å²) in [6.45, 7) is 3.47. The number of hydrogen-bond donors (Lipinski definition) is 1. The number of rotatable bonds is 7. The Morgan fingerprint density at radius 2 is 1.90 bits per heavy atom. The van der Waals surface area contributed by atoms with Gasteiger partial charge in [0, 0.05) is 27.9 Å². The van der Waals surface area contributed by atoms with Crippen molar-refractivity contribution < 1.29 is 14.3 Å². The summed E-state index contributed by atoms with van der Waals surface area (Å²) in [5.41, 5.74) is 4.16. The Bertz CT molecular complexity index is 1070. The van der Waals surface area contributed by atoms with Crippen molar-refractivity contribution in [3.63, 3.8) is 0 Å². The quantitative estimate of drug-likeness (QED) is 0.348. The van der Waals surface area contributed by atoms with Gasteiger partial charge in [0.1, 0.15) is 0 Å². The number of aromatic nitrogens is 2. The zero-order chi connectivity index (χ0) is 21.5. The van der Waals surface area contributed by atoms with Gasteiger partial charge in [-0.1, -0.05) is 24.3 Å². The second-order valence-electron chi connectivity index (χ2n) is 6.55. The number of aryl methyl sites for hydroxylation is 1. The van der Waals surface area contributed by atoms with Crippen molar-refractivity contribution in [3.05, 3.63) is 77.6 Å². The van der Waals surface area contributed by atoms with Crippen LogP contribution in [-0.2, 0) is 14.3 Å². The van der Waals surface area contributed by atoms with Gasteiger partial charge in [0.15, 0.2) is 6.61 Å². The van der Waals surface area contributed by atoms with Gasteiger partial charge in [-0.3, -0.25) is 4.79 Å². The van der Waals surface area contributed by atoms with Gasteiger partial charge in [0.2, 0.25) is 0 Å². The van der Waals surface area contributed by atoms with Crippen molar-refractivity contribution in [1.29, 1.82) is 0 Å². The maximum absolute atomic E-state index is 12.1. The van der Waals surface area contributed by atoms with Crippen LogP contribution in [-0.4, -0.2) is 34.5 Å². The third-order valence-electron chi connectivity index (χ3n) is 4.43. The highest BCUT2D eigenvalue weighted by Crippen LogP contribution is 2.20. The second-order valence-corrected chi connectivity index (χ2v) is 7.43. The minimum Gasteiger partial charge on any atom is -0.452 e. The monoisotopic (exact) mass is 421 g/mol. The molecule has 2 aromatic carbocycles. The summed E-state index contributed by atoms with van der Waals surface area (Å²) in [4.78, 5) is 25.1. The lowest BCUT2D eigenvalue weighted by molar-refractivity contribution is -0.142. The van der Waals surface area contributed by atoms with Gasteiger partial charge >= 0.3 is 5.97 Å². The minimum atomic E-state index is -0.589. The molecule has 0 saturated carbocycles. The van der Waals surface area contributed by atoms with Gasteiger partial charge in [-0.05, 0) is 56.5 Å². The van der Waals surface area contributed by atoms with Crippen LogP contribution in [0.2, 0.25) is 0 Å². The van der Waals surface area contributed by atoms with Crippen LogP contribution in [0.3, 0.4) is 0 Å². The maximum atomic E-state index is 12.1. The molecule has 0 spiro atoms. The van der Waals surface area contributed by atoms with Crippen LogP contribution in [0, 0.1) is 13.8 Å². The summed E-state index contributed by atoms with van der Waals surface area (Å²) >= 11 is 1.58. The lowest BCUT2D eigenvalue weighted by atomic mass is 10.2. The summed E-state index contributed by atoms with van der Waals surface area (Å²) in [5, 5.41) is 7.26. The number of carbonyl (C=O) groups excluding carboxylic acids is 2. The van der Waals surface area contributed by atoms with Crippen molar-refractivity contribution in [2.24, 2.45) is 0 Å². The third-order valence-corrected chi connectivity index (χ3v) is 5.16. The van der Waals surface area contributed by atoms with E-state index in [2.05, 4.69) is 10.4 Å². The zero-order valence-corrected chi connectivity index (χ0v) is 17.9. The van der Waals surface area contributed by atoms with Crippen LogP contribution in [0.15, 0.2) is 65.6 Å². The van der Waals surface area contributed by atoms with Gasteiger partial charge in [-0.25, -0.2) is 9.48 Å². The molecule has 0 radical (unpaired) electrons. The molecule has 6 nitrogen and oxygen atoms in total. The van der Waals surface area contributed by atoms with Gasteiger partial charge < -0.3 is 10.1 Å². The molecule has 0 unspecified atom stereocenters. The van der Waals surface area contributed by atoms with Gasteiger partial charge in [-0.2, -0.15) is 5.10 Å². The van der Waals surface area contributed by atoms with Crippen molar-refractivity contribution in [3.8, 4) is 5.69 Å². The van der Waals surface area contributed by atoms with Crippen molar-refractivity contribution in [2.75, 3.05) is 18.2 Å². The first-order valence-corrected chi connectivity index (χ1v) is 10.6. The molecule has 0 atom stereocenters. The molecule has 3 aromatic rings. The molecule has 30 heavy (non-hydrogen) atoms. The van der Waals surface area contributed by atoms with E-state index in [0.717, 1.165) is 27.5 Å². The predicted octanol–water partition coefficient (Wildman–Crippen LogP) is 4.41. The second kappa shape index (κ2) is 9.93. The fourth-order valence-electron chi connectivity index (χ4n) is 2.95. The smallest absolute Gasteiger partial charge is 0.331 e. The van der Waals surface area contributed by atoms with E-state index in [1.165, 1.54) is 6.08 Å². The van der Waals surface area contributed by atoms with Crippen LogP contribution in [0.4, 0.5) is 5.69 Å². The van der Waals surface area contributed by atoms with E-state index in [9.17, 15) is 9.59 Å². The van der Waals surface area contributed by atoms with Crippen LogP contribution in [0.25, 0.3) is 11.8 Å². The van der Waals surface area contributed by atoms with Gasteiger partial charge in [0.25, 0.3) is 5.91 Å². The number of amides is 1. The summed E-state index contributed by atoms with van der Waals surface area (Å²) in [6, 6.07) is 17.2. The predicted molar refractivity (Wildman–Crippen MR) is 120 cm³/mol. The number of benzene rings is 2. The molecule has 0 aliphatic rings. The highest BCUT2D eigenvalue weighted by atomic mass is 32.2. The molecule has 7 heteroatoms. The fourth-order valence-corrected chi connectivity index (χ4v) is 3.41. The first-order chi connectivity index (χ1) is 14.5. The van der Waals surface area contributed by atoms with Gasteiger partial charge in [0.05, 0.1) is 11.4 Å². The number of carbonyl (C=O) groups is 2. The molecule has 1 amide bonds. The third kappa shape index (κ3) is 5.39. The summed E-state index contributed by atoms with van der Waals surface area (Å²) in [7, 11) is 0. The standard InChI is InChI=1S/C23H23N3O3S/c1-16-21(17(2)26(25-16)19-9-5-4-6-10-19)12-13-23(28)29-15-22(27)24-18-8-7-11-20(14-18)30-3/h4-14H,15H2,1-3H3,(H,24,27). The van der Waals surface area contributed by atoms with Crippen LogP contribution in [0.1, 0.15) is 17.0 Å². The Labute approximate surface area is 179 Å². The minimum absolute atomic E-state index is 0.353. The molecule has 0 fully saturated rings. The first kappa shape index (κ1) is 21.4. The molecular formula is C23H23N3O3S. The molecule has 0 aliphatic heterocycles. The normalized spacial score (nSPS) is 10.9. The van der Waals surface area contributed by atoms with E-state index < -0.39 is 5.97 Å². The zero-order valence-electron chi connectivity index (χ0n) is 17.1. The van der Waals surface area contributed by atoms with E-state index >= 15 is 0 Å². The van der Waals surface area contributed by atoms with E-state index in [0.29, 0.717) is 5.69 Å². The number of ether oxygens (including phenoxy) is 1. The summed E-state index contributed by atoms with van der Waals surface area (Å²) in [5.74, 6) is -0.978. The Morgan fingerprint density at radius 1 is 1.13 bits per heavy atom. The van der Waals surface area contributed by atoms with Crippen LogP contribution < -0.4 is 5.32 Å². The molecule has 0 bridgehead atoms. The average molecular weight is 422 g/mol. The molecule has 1 N–H and O–H groups in total. The number of esters is 1. The average Bonchev–Trinajstić information content (AvgIpc) is 3.05. The Balaban J connectivity index is 1.58. The van der Waals surface area contributed by atoms with Crippen molar-refractivity contribution in [2.45, 2.75) is 18.7 Å². The fraction of sp³-hybridized carbons (Fsp3) is 0.174. The maximum Gasteiger partial charge on any atom is 0.331 e. The Morgan fingerprint density at radius 3 is 2.63 bits per heavy atom. The van der Waals surface area contributed by atoms with Gasteiger partial charge in [-0.15, -0.1) is 11.8 Å². The van der Waals surface area contributed by atoms with Crippen molar-refractivity contribution >= 4 is 35.4 Å². The van der Waals surface area contributed by atoms with E-state index in [1.54, 1.807) is 23.9 Å². The summed E-state index contributed by atoms with van der Waals surface area (Å²) < 4.78 is 6.89. The Kier molecular flexibility index (Phi) is 7.08. The molecular weight excluding hydrogens is 398 g/mol. The number of para-hydroxylation sites is 1. The topological polar surface area (TPSA) is 73.2 Å². The lowest BCUT2D eigenvalue weighted by Gasteiger charge is -2.06. The summed E-state index contributed by atoms with van der Waals surface area (Å²) in [6.07, 6.45) is 4.94. The van der Waals surface area contributed by atoms with E-state index in [-0.39, 0.29) is 12.5 Å². The number of hydrogen-bond acceptors (Lipinski definition) is 5. The SMILES string of the molecule is CSc1cccc(NC(=O)COC(=O)C=Cc2c(C)nn(-c3ccccc3)c2C)c1. The molecule has 0 saturated heterocycles. The lowest BCUT2D eigenvalue weighted by Crippen LogP contribution is -2.20. The first-order valence-electron chi connectivity index (χ1n) is 9.38.